The van der Waals surface area contributed by atoms with E-state index in [9.17, 15) is 14.7 Å². The molecule has 1 amide bonds. The van der Waals surface area contributed by atoms with Gasteiger partial charge in [0.2, 0.25) is 0 Å². The van der Waals surface area contributed by atoms with E-state index in [4.69, 9.17) is 4.74 Å². The highest BCUT2D eigenvalue weighted by atomic mass is 16.5. The number of nitrogens with zero attached hydrogens (tertiary/aromatic N) is 1. The van der Waals surface area contributed by atoms with Gasteiger partial charge in [-0.3, -0.25) is 4.79 Å². The van der Waals surface area contributed by atoms with Crippen LogP contribution in [0.4, 0.5) is 5.69 Å². The summed E-state index contributed by atoms with van der Waals surface area (Å²) in [4.78, 5) is 26.5. The maximum absolute atomic E-state index is 12.7. The van der Waals surface area contributed by atoms with Gasteiger partial charge in [-0.05, 0) is 46.5 Å². The third kappa shape index (κ3) is 5.08. The number of nitrogens with one attached hydrogen (secondary N) is 1. The maximum Gasteiger partial charge on any atom is 0.336 e. The number of carbonyl (C=O) groups is 2. The monoisotopic (exact) mass is 478 g/mol. The fraction of sp³-hybridized carbons (Fsp3) is 0.133. The first kappa shape index (κ1) is 23.2. The Labute approximate surface area is 209 Å². The van der Waals surface area contributed by atoms with Crippen molar-refractivity contribution in [3.8, 4) is 16.9 Å². The van der Waals surface area contributed by atoms with Crippen LogP contribution in [-0.2, 0) is 13.1 Å². The molecule has 5 rings (SSSR count). The zero-order valence-electron chi connectivity index (χ0n) is 19.7. The third-order valence-corrected chi connectivity index (χ3v) is 6.27. The third-order valence-electron chi connectivity index (χ3n) is 6.27. The highest BCUT2D eigenvalue weighted by Crippen LogP contribution is 2.34. The molecule has 0 saturated carbocycles. The second-order valence-corrected chi connectivity index (χ2v) is 8.67. The van der Waals surface area contributed by atoms with Crippen molar-refractivity contribution in [1.29, 1.82) is 0 Å². The van der Waals surface area contributed by atoms with Gasteiger partial charge in [0.1, 0.15) is 12.4 Å². The van der Waals surface area contributed by atoms with Crippen LogP contribution in [0.15, 0.2) is 97.1 Å². The van der Waals surface area contributed by atoms with E-state index in [2.05, 4.69) is 10.2 Å². The number of rotatable bonds is 7. The predicted molar refractivity (Wildman–Crippen MR) is 139 cm³/mol. The van der Waals surface area contributed by atoms with Crippen LogP contribution < -0.4 is 15.0 Å². The normalized spacial score (nSPS) is 12.4. The summed E-state index contributed by atoms with van der Waals surface area (Å²) < 4.78 is 5.88. The Hall–Kier alpha value is -4.58. The number of aromatic carboxylic acids is 1. The molecule has 0 aromatic heterocycles. The SMILES string of the molecule is O=C(NCc1ccccc1)c1ccc2c(c1)OCCN2Cc1ccc(-c2ccccc2C(=O)O)cc1. The lowest BCUT2D eigenvalue weighted by Crippen LogP contribution is -2.32. The molecule has 1 heterocycles. The van der Waals surface area contributed by atoms with Crippen molar-refractivity contribution in [3.63, 3.8) is 0 Å². The number of fused-ring (bicyclic) bond motifs is 1. The molecule has 0 atom stereocenters. The maximum atomic E-state index is 12.7. The summed E-state index contributed by atoms with van der Waals surface area (Å²) in [5, 5.41) is 12.4. The minimum absolute atomic E-state index is 0.139. The molecule has 4 aromatic rings. The summed E-state index contributed by atoms with van der Waals surface area (Å²) >= 11 is 0. The van der Waals surface area contributed by atoms with Crippen molar-refractivity contribution in [3.05, 3.63) is 119 Å². The van der Waals surface area contributed by atoms with E-state index in [-0.39, 0.29) is 11.5 Å². The molecule has 4 aromatic carbocycles. The lowest BCUT2D eigenvalue weighted by molar-refractivity contribution is 0.0697. The molecule has 1 aliphatic heterocycles. The van der Waals surface area contributed by atoms with Gasteiger partial charge in [0.25, 0.3) is 5.91 Å². The minimum Gasteiger partial charge on any atom is -0.490 e. The zero-order valence-corrected chi connectivity index (χ0v) is 19.7. The molecule has 1 aliphatic rings. The molecule has 0 bridgehead atoms. The summed E-state index contributed by atoms with van der Waals surface area (Å²) in [5.41, 5.74) is 5.51. The van der Waals surface area contributed by atoms with E-state index in [0.717, 1.165) is 28.9 Å². The van der Waals surface area contributed by atoms with Crippen molar-refractivity contribution in [2.75, 3.05) is 18.1 Å². The number of benzene rings is 4. The number of hydrogen-bond acceptors (Lipinski definition) is 4. The van der Waals surface area contributed by atoms with Crippen LogP contribution in [0.3, 0.4) is 0 Å². The van der Waals surface area contributed by atoms with Gasteiger partial charge in [0, 0.05) is 18.7 Å². The molecular formula is C30H26N2O4. The molecule has 6 nitrogen and oxygen atoms in total. The van der Waals surface area contributed by atoms with Gasteiger partial charge in [-0.25, -0.2) is 4.79 Å². The van der Waals surface area contributed by atoms with Crippen molar-refractivity contribution >= 4 is 17.6 Å². The second-order valence-electron chi connectivity index (χ2n) is 8.67. The molecule has 0 spiro atoms. The Morgan fingerprint density at radius 1 is 0.861 bits per heavy atom. The van der Waals surface area contributed by atoms with Gasteiger partial charge in [-0.15, -0.1) is 0 Å². The lowest BCUT2D eigenvalue weighted by atomic mass is 9.98. The minimum atomic E-state index is -0.937. The van der Waals surface area contributed by atoms with Crippen molar-refractivity contribution in [1.82, 2.24) is 5.32 Å². The van der Waals surface area contributed by atoms with Crippen LogP contribution in [0.25, 0.3) is 11.1 Å². The number of carboxylic acids is 1. The Bertz CT molecular complexity index is 1380. The van der Waals surface area contributed by atoms with E-state index in [0.29, 0.717) is 36.6 Å². The Morgan fingerprint density at radius 3 is 2.39 bits per heavy atom. The average Bonchev–Trinajstić information content (AvgIpc) is 2.92. The number of hydrogen-bond donors (Lipinski definition) is 2. The largest absolute Gasteiger partial charge is 0.490 e. The second kappa shape index (κ2) is 10.4. The van der Waals surface area contributed by atoms with Gasteiger partial charge < -0.3 is 20.1 Å². The van der Waals surface area contributed by atoms with Crippen LogP contribution in [-0.4, -0.2) is 30.1 Å². The lowest BCUT2D eigenvalue weighted by Gasteiger charge is -2.31. The predicted octanol–water partition coefficient (Wildman–Crippen LogP) is 5.38. The first-order valence-electron chi connectivity index (χ1n) is 11.8. The quantitative estimate of drug-likeness (QED) is 0.373. The summed E-state index contributed by atoms with van der Waals surface area (Å²) in [6.45, 7) is 2.41. The summed E-state index contributed by atoms with van der Waals surface area (Å²) in [5.74, 6) is -0.382. The number of amides is 1. The van der Waals surface area contributed by atoms with Crippen LogP contribution in [0.1, 0.15) is 31.8 Å². The van der Waals surface area contributed by atoms with Gasteiger partial charge in [-0.2, -0.15) is 0 Å². The highest BCUT2D eigenvalue weighted by molar-refractivity contribution is 5.96. The Morgan fingerprint density at radius 2 is 1.61 bits per heavy atom. The zero-order chi connectivity index (χ0) is 24.9. The van der Waals surface area contributed by atoms with E-state index < -0.39 is 5.97 Å². The standard InChI is InChI=1S/C30H26N2O4/c33-29(31-19-21-6-2-1-3-7-21)24-14-15-27-28(18-24)36-17-16-32(27)20-22-10-12-23(13-11-22)25-8-4-5-9-26(25)30(34)35/h1-15,18H,16-17,19-20H2,(H,31,33)(H,34,35). The number of carbonyl (C=O) groups excluding carboxylic acids is 1. The summed E-state index contributed by atoms with van der Waals surface area (Å²) in [6.07, 6.45) is 0. The number of ether oxygens (including phenoxy) is 1. The van der Waals surface area contributed by atoms with Crippen molar-refractivity contribution < 1.29 is 19.4 Å². The highest BCUT2D eigenvalue weighted by Gasteiger charge is 2.20. The van der Waals surface area contributed by atoms with Gasteiger partial charge in [-0.1, -0.05) is 72.8 Å². The molecule has 180 valence electrons. The van der Waals surface area contributed by atoms with Crippen molar-refractivity contribution in [2.45, 2.75) is 13.1 Å². The Kier molecular flexibility index (Phi) is 6.67. The van der Waals surface area contributed by atoms with E-state index in [1.165, 1.54) is 0 Å². The number of anilines is 1. The molecule has 0 radical (unpaired) electrons. The molecule has 0 fully saturated rings. The van der Waals surface area contributed by atoms with Crippen molar-refractivity contribution in [2.24, 2.45) is 0 Å². The average molecular weight is 479 g/mol. The van der Waals surface area contributed by atoms with Gasteiger partial charge in [0.05, 0.1) is 17.8 Å². The first-order valence-corrected chi connectivity index (χ1v) is 11.8. The summed E-state index contributed by atoms with van der Waals surface area (Å²) in [6, 6.07) is 30.3. The number of carboxylic acid groups (broad SMARTS) is 1. The van der Waals surface area contributed by atoms with Crippen LogP contribution in [0.5, 0.6) is 5.75 Å². The smallest absolute Gasteiger partial charge is 0.336 e. The molecule has 0 saturated heterocycles. The van der Waals surface area contributed by atoms with E-state index >= 15 is 0 Å². The van der Waals surface area contributed by atoms with Crippen LogP contribution in [0, 0.1) is 0 Å². The van der Waals surface area contributed by atoms with Gasteiger partial charge in [0.15, 0.2) is 0 Å². The molecular weight excluding hydrogens is 452 g/mol. The summed E-state index contributed by atoms with van der Waals surface area (Å²) in [7, 11) is 0. The molecule has 0 aliphatic carbocycles. The van der Waals surface area contributed by atoms with Crippen LogP contribution in [0.2, 0.25) is 0 Å². The topological polar surface area (TPSA) is 78.9 Å². The molecule has 2 N–H and O–H groups in total. The van der Waals surface area contributed by atoms with E-state index in [1.807, 2.05) is 78.9 Å². The molecule has 0 unspecified atom stereocenters. The fourth-order valence-corrected chi connectivity index (χ4v) is 4.39. The fourth-order valence-electron chi connectivity index (χ4n) is 4.39. The molecule has 6 heteroatoms. The Balaban J connectivity index is 1.28. The van der Waals surface area contributed by atoms with E-state index in [1.54, 1.807) is 18.2 Å². The van der Waals surface area contributed by atoms with Crippen LogP contribution >= 0.6 is 0 Å². The first-order chi connectivity index (χ1) is 17.6. The molecule has 36 heavy (non-hydrogen) atoms. The van der Waals surface area contributed by atoms with Gasteiger partial charge >= 0.3 is 5.97 Å².